The number of fused-ring (bicyclic) bond motifs is 4. The molecule has 1 fully saturated rings. The van der Waals surface area contributed by atoms with Gasteiger partial charge in [0.05, 0.1) is 0 Å². The van der Waals surface area contributed by atoms with E-state index >= 15 is 0 Å². The number of phenolic OH excluding ortho intramolecular Hbond substituents is 1. The maximum atomic E-state index is 9.73. The minimum atomic E-state index is 0. The number of halogens is 1. The third-order valence-electron chi connectivity index (χ3n) is 5.27. The average molecular weight is 268 g/mol. The largest absolute Gasteiger partial charge is 0.508 e. The molecule has 18 heavy (non-hydrogen) atoms. The monoisotopic (exact) mass is 267 g/mol. The fourth-order valence-corrected chi connectivity index (χ4v) is 3.82. The van der Waals surface area contributed by atoms with Gasteiger partial charge >= 0.3 is 0 Å². The number of nitrogens with zero attached hydrogens (tertiary/aromatic N) is 1. The van der Waals surface area contributed by atoms with Crippen molar-refractivity contribution in [2.24, 2.45) is 5.92 Å². The number of hydrogen-bond acceptors (Lipinski definition) is 2. The Morgan fingerprint density at radius 2 is 2.11 bits per heavy atom. The Morgan fingerprint density at radius 1 is 1.39 bits per heavy atom. The zero-order valence-corrected chi connectivity index (χ0v) is 12.1. The zero-order valence-electron chi connectivity index (χ0n) is 11.3. The lowest BCUT2D eigenvalue weighted by atomic mass is 9.59. The van der Waals surface area contributed by atoms with Gasteiger partial charge in [0, 0.05) is 6.04 Å². The van der Waals surface area contributed by atoms with Crippen molar-refractivity contribution < 1.29 is 5.11 Å². The molecular weight excluding hydrogens is 246 g/mol. The highest BCUT2D eigenvalue weighted by molar-refractivity contribution is 5.85. The molecule has 3 atom stereocenters. The van der Waals surface area contributed by atoms with Gasteiger partial charge in [-0.25, -0.2) is 0 Å². The lowest BCUT2D eigenvalue weighted by Gasteiger charge is -2.53. The zero-order chi connectivity index (χ0) is 12.2. The summed E-state index contributed by atoms with van der Waals surface area (Å²) in [6.45, 7) is 5.91. The normalized spacial score (nSPS) is 34.6. The summed E-state index contributed by atoms with van der Waals surface area (Å²) in [6.07, 6.45) is 2.32. The summed E-state index contributed by atoms with van der Waals surface area (Å²) in [5.41, 5.74) is 3.05. The van der Waals surface area contributed by atoms with Crippen LogP contribution in [0.4, 0.5) is 0 Å². The van der Waals surface area contributed by atoms with Crippen LogP contribution in [0.1, 0.15) is 31.4 Å². The SMILES string of the molecule is C[C@@H]1[C@@H]2Cc3ccc(O)cc3[C@@]1(C)CCN2C.Cl. The number of aromatic hydroxyl groups is 1. The van der Waals surface area contributed by atoms with E-state index in [1.807, 2.05) is 12.1 Å². The van der Waals surface area contributed by atoms with E-state index in [-0.39, 0.29) is 17.8 Å². The number of phenols is 1. The van der Waals surface area contributed by atoms with Gasteiger partial charge in [-0.05, 0) is 61.0 Å². The molecule has 1 aromatic rings. The molecule has 3 heteroatoms. The Kier molecular flexibility index (Phi) is 3.37. The summed E-state index contributed by atoms with van der Waals surface area (Å²) in [5, 5.41) is 9.73. The summed E-state index contributed by atoms with van der Waals surface area (Å²) < 4.78 is 0. The molecule has 1 N–H and O–H groups in total. The van der Waals surface area contributed by atoms with Gasteiger partial charge in [0.1, 0.15) is 5.75 Å². The highest BCUT2D eigenvalue weighted by Gasteiger charge is 2.47. The van der Waals surface area contributed by atoms with Crippen molar-refractivity contribution in [1.82, 2.24) is 4.90 Å². The molecule has 2 aliphatic rings. The standard InChI is InChI=1S/C15H21NO.ClH/c1-10-14-8-11-4-5-12(17)9-13(11)15(10,2)6-7-16(14)3;/h4-5,9-10,14,17H,6-8H2,1-3H3;1H/t10-,14+,15+;/m1./s1. The van der Waals surface area contributed by atoms with Crippen molar-refractivity contribution in [2.45, 2.75) is 38.1 Å². The molecule has 0 aromatic heterocycles. The van der Waals surface area contributed by atoms with Crippen LogP contribution in [0.5, 0.6) is 5.75 Å². The molecule has 0 unspecified atom stereocenters. The van der Waals surface area contributed by atoms with Gasteiger partial charge < -0.3 is 10.0 Å². The molecule has 100 valence electrons. The van der Waals surface area contributed by atoms with Crippen molar-refractivity contribution in [2.75, 3.05) is 13.6 Å². The first-order chi connectivity index (χ1) is 8.02. The van der Waals surface area contributed by atoms with Gasteiger partial charge in [-0.1, -0.05) is 19.9 Å². The van der Waals surface area contributed by atoms with Crippen LogP contribution in [-0.4, -0.2) is 29.6 Å². The number of likely N-dealkylation sites (N-methyl/N-ethyl adjacent to an activating group) is 1. The van der Waals surface area contributed by atoms with Crippen LogP contribution in [0.3, 0.4) is 0 Å². The van der Waals surface area contributed by atoms with E-state index in [1.54, 1.807) is 0 Å². The fraction of sp³-hybridized carbons (Fsp3) is 0.600. The summed E-state index contributed by atoms with van der Waals surface area (Å²) in [5.74, 6) is 1.07. The second-order valence-electron chi connectivity index (χ2n) is 6.05. The molecule has 1 aliphatic heterocycles. The average Bonchev–Trinajstić information content (AvgIpc) is 2.30. The molecule has 0 amide bonds. The van der Waals surface area contributed by atoms with Gasteiger partial charge in [0.15, 0.2) is 0 Å². The van der Waals surface area contributed by atoms with Crippen molar-refractivity contribution >= 4 is 12.4 Å². The van der Waals surface area contributed by atoms with Crippen molar-refractivity contribution in [1.29, 1.82) is 0 Å². The Morgan fingerprint density at radius 3 is 2.83 bits per heavy atom. The van der Waals surface area contributed by atoms with Crippen LogP contribution in [-0.2, 0) is 11.8 Å². The summed E-state index contributed by atoms with van der Waals surface area (Å²) in [7, 11) is 2.24. The number of piperidine rings is 1. The Bertz CT molecular complexity index is 462. The Hall–Kier alpha value is -0.730. The molecule has 2 bridgehead atoms. The van der Waals surface area contributed by atoms with Gasteiger partial charge in [-0.15, -0.1) is 12.4 Å². The number of rotatable bonds is 0. The molecule has 2 nitrogen and oxygen atoms in total. The quantitative estimate of drug-likeness (QED) is 0.781. The van der Waals surface area contributed by atoms with E-state index < -0.39 is 0 Å². The van der Waals surface area contributed by atoms with E-state index in [0.717, 1.165) is 6.42 Å². The molecule has 1 aromatic carbocycles. The maximum absolute atomic E-state index is 9.73. The highest BCUT2D eigenvalue weighted by Crippen LogP contribution is 2.48. The topological polar surface area (TPSA) is 23.5 Å². The van der Waals surface area contributed by atoms with Gasteiger partial charge in [0.2, 0.25) is 0 Å². The van der Waals surface area contributed by atoms with Crippen molar-refractivity contribution in [3.8, 4) is 5.75 Å². The maximum Gasteiger partial charge on any atom is 0.115 e. The third kappa shape index (κ3) is 1.74. The van der Waals surface area contributed by atoms with E-state index in [2.05, 4.69) is 31.9 Å². The van der Waals surface area contributed by atoms with E-state index in [9.17, 15) is 5.11 Å². The second-order valence-corrected chi connectivity index (χ2v) is 6.05. The van der Waals surface area contributed by atoms with Crippen LogP contribution < -0.4 is 0 Å². The number of hydrogen-bond donors (Lipinski definition) is 1. The Labute approximate surface area is 115 Å². The smallest absolute Gasteiger partial charge is 0.115 e. The minimum Gasteiger partial charge on any atom is -0.508 e. The van der Waals surface area contributed by atoms with Crippen LogP contribution in [0.2, 0.25) is 0 Å². The minimum absolute atomic E-state index is 0. The summed E-state index contributed by atoms with van der Waals surface area (Å²) >= 11 is 0. The van der Waals surface area contributed by atoms with Crippen LogP contribution in [0, 0.1) is 5.92 Å². The van der Waals surface area contributed by atoms with E-state index in [0.29, 0.717) is 17.7 Å². The lowest BCUT2D eigenvalue weighted by Crippen LogP contribution is -2.56. The first kappa shape index (κ1) is 13.7. The van der Waals surface area contributed by atoms with Gasteiger partial charge in [-0.3, -0.25) is 0 Å². The van der Waals surface area contributed by atoms with Crippen LogP contribution in [0.15, 0.2) is 18.2 Å². The number of benzene rings is 1. The fourth-order valence-electron chi connectivity index (χ4n) is 3.82. The summed E-state index contributed by atoms with van der Waals surface area (Å²) in [6, 6.07) is 6.59. The molecule has 1 aliphatic carbocycles. The molecule has 1 heterocycles. The highest BCUT2D eigenvalue weighted by atomic mass is 35.5. The molecule has 0 saturated carbocycles. The molecule has 3 rings (SSSR count). The Balaban J connectivity index is 0.00000120. The first-order valence-corrected chi connectivity index (χ1v) is 6.55. The lowest BCUT2D eigenvalue weighted by molar-refractivity contribution is 0.0506. The van der Waals surface area contributed by atoms with Crippen LogP contribution >= 0.6 is 12.4 Å². The van der Waals surface area contributed by atoms with E-state index in [1.165, 1.54) is 24.1 Å². The first-order valence-electron chi connectivity index (χ1n) is 6.55. The third-order valence-corrected chi connectivity index (χ3v) is 5.27. The van der Waals surface area contributed by atoms with E-state index in [4.69, 9.17) is 0 Å². The predicted octanol–water partition coefficient (Wildman–Crippen LogP) is 2.97. The second kappa shape index (κ2) is 4.43. The van der Waals surface area contributed by atoms with Gasteiger partial charge in [0.25, 0.3) is 0 Å². The van der Waals surface area contributed by atoms with Crippen molar-refractivity contribution in [3.63, 3.8) is 0 Å². The summed E-state index contributed by atoms with van der Waals surface area (Å²) in [4.78, 5) is 2.50. The van der Waals surface area contributed by atoms with Crippen molar-refractivity contribution in [3.05, 3.63) is 29.3 Å². The number of likely N-dealkylation sites (tertiary alicyclic amines) is 1. The van der Waals surface area contributed by atoms with Crippen LogP contribution in [0.25, 0.3) is 0 Å². The van der Waals surface area contributed by atoms with Gasteiger partial charge in [-0.2, -0.15) is 0 Å². The predicted molar refractivity (Wildman–Crippen MR) is 76.6 cm³/mol. The molecule has 1 saturated heterocycles. The molecular formula is C15H22ClNO. The molecule has 0 radical (unpaired) electrons. The molecule has 0 spiro atoms.